The summed E-state index contributed by atoms with van der Waals surface area (Å²) in [5.41, 5.74) is 0. The third kappa shape index (κ3) is 4.65. The lowest BCUT2D eigenvalue weighted by Gasteiger charge is -2.32. The van der Waals surface area contributed by atoms with Crippen molar-refractivity contribution in [3.63, 3.8) is 0 Å². The number of rotatable bonds is 7. The van der Waals surface area contributed by atoms with Crippen LogP contribution in [0.4, 0.5) is 0 Å². The summed E-state index contributed by atoms with van der Waals surface area (Å²) < 4.78 is 0. The van der Waals surface area contributed by atoms with E-state index in [0.717, 1.165) is 32.1 Å². The predicted molar refractivity (Wildman–Crippen MR) is 70.8 cm³/mol. The van der Waals surface area contributed by atoms with Crippen molar-refractivity contribution in [2.45, 2.75) is 64.3 Å². The lowest BCUT2D eigenvalue weighted by Crippen LogP contribution is -2.50. The molecule has 19 heavy (non-hydrogen) atoms. The Balaban J connectivity index is 2.49. The van der Waals surface area contributed by atoms with Gasteiger partial charge in [-0.05, 0) is 25.7 Å². The number of aliphatic carboxylic acids is 1. The summed E-state index contributed by atoms with van der Waals surface area (Å²) in [6.45, 7) is 2.47. The van der Waals surface area contributed by atoms with E-state index in [4.69, 9.17) is 5.11 Å². The number of Topliss-reactive ketones (excluding diaryl/α,β-unsaturated/α-hetero) is 1. The molecule has 1 atom stereocenters. The summed E-state index contributed by atoms with van der Waals surface area (Å²) in [5.74, 6) is -2.06. The van der Waals surface area contributed by atoms with Crippen molar-refractivity contribution in [1.29, 1.82) is 0 Å². The average Bonchev–Trinajstić information content (AvgIpc) is 2.42. The van der Waals surface area contributed by atoms with Crippen LogP contribution in [0.3, 0.4) is 0 Å². The average molecular weight is 269 g/mol. The standard InChI is InChI=1S/C14H23NO4/c1-2-3-4-5-9-12(16)13(17)15-10-7-6-8-11(15)14(18)19/h11H,2-10H2,1H3,(H,18,19)/t11-/m0/s1. The minimum absolute atomic E-state index is 0.238. The maximum absolute atomic E-state index is 12.0. The first-order valence-corrected chi connectivity index (χ1v) is 7.14. The molecule has 1 aliphatic rings. The minimum atomic E-state index is -1.01. The van der Waals surface area contributed by atoms with Crippen LogP contribution in [0.1, 0.15) is 58.3 Å². The zero-order valence-electron chi connectivity index (χ0n) is 11.6. The number of carbonyl (C=O) groups excluding carboxylic acids is 2. The van der Waals surface area contributed by atoms with Crippen LogP contribution in [0.25, 0.3) is 0 Å². The van der Waals surface area contributed by atoms with E-state index in [-0.39, 0.29) is 6.42 Å². The first-order valence-electron chi connectivity index (χ1n) is 7.14. The highest BCUT2D eigenvalue weighted by molar-refractivity contribution is 6.36. The molecule has 1 saturated heterocycles. The number of unbranched alkanes of at least 4 members (excludes halogenated alkanes) is 3. The first kappa shape index (κ1) is 15.7. The van der Waals surface area contributed by atoms with Gasteiger partial charge >= 0.3 is 5.97 Å². The summed E-state index contributed by atoms with van der Waals surface area (Å²) >= 11 is 0. The lowest BCUT2D eigenvalue weighted by molar-refractivity contribution is -0.155. The van der Waals surface area contributed by atoms with Crippen LogP contribution in [0, 0.1) is 0 Å². The van der Waals surface area contributed by atoms with E-state index in [1.165, 1.54) is 4.90 Å². The highest BCUT2D eigenvalue weighted by atomic mass is 16.4. The maximum Gasteiger partial charge on any atom is 0.326 e. The number of ketones is 1. The predicted octanol–water partition coefficient (Wildman–Crippen LogP) is 1.99. The van der Waals surface area contributed by atoms with Gasteiger partial charge < -0.3 is 10.0 Å². The normalized spacial score (nSPS) is 19.2. The van der Waals surface area contributed by atoms with Crippen LogP contribution < -0.4 is 0 Å². The molecule has 1 aliphatic heterocycles. The van der Waals surface area contributed by atoms with Gasteiger partial charge in [-0.2, -0.15) is 0 Å². The highest BCUT2D eigenvalue weighted by Crippen LogP contribution is 2.18. The Morgan fingerprint density at radius 1 is 1.16 bits per heavy atom. The van der Waals surface area contributed by atoms with E-state index in [1.807, 2.05) is 0 Å². The number of hydrogen-bond donors (Lipinski definition) is 1. The molecule has 0 aromatic carbocycles. The van der Waals surface area contributed by atoms with Crippen LogP contribution in [0.5, 0.6) is 0 Å². The topological polar surface area (TPSA) is 74.7 Å². The number of carboxylic acids is 1. The van der Waals surface area contributed by atoms with Crippen LogP contribution in [0.2, 0.25) is 0 Å². The van der Waals surface area contributed by atoms with Crippen LogP contribution in [0.15, 0.2) is 0 Å². The van der Waals surface area contributed by atoms with Crippen LogP contribution in [-0.2, 0) is 14.4 Å². The van der Waals surface area contributed by atoms with E-state index >= 15 is 0 Å². The number of nitrogens with zero attached hydrogens (tertiary/aromatic N) is 1. The number of piperidine rings is 1. The van der Waals surface area contributed by atoms with Crippen molar-refractivity contribution in [3.05, 3.63) is 0 Å². The van der Waals surface area contributed by atoms with E-state index in [2.05, 4.69) is 6.92 Å². The number of carboxylic acid groups (broad SMARTS) is 1. The minimum Gasteiger partial charge on any atom is -0.480 e. The third-order valence-corrected chi connectivity index (χ3v) is 3.54. The quantitative estimate of drug-likeness (QED) is 0.566. The molecule has 0 saturated carbocycles. The highest BCUT2D eigenvalue weighted by Gasteiger charge is 2.34. The second kappa shape index (κ2) is 7.92. The Labute approximate surface area is 114 Å². The van der Waals surface area contributed by atoms with Gasteiger partial charge in [0.05, 0.1) is 0 Å². The molecule has 1 fully saturated rings. The Bertz CT molecular complexity index is 340. The largest absolute Gasteiger partial charge is 0.480 e. The van der Waals surface area contributed by atoms with Crippen molar-refractivity contribution >= 4 is 17.7 Å². The molecule has 1 heterocycles. The molecule has 0 bridgehead atoms. The Morgan fingerprint density at radius 3 is 2.53 bits per heavy atom. The molecular weight excluding hydrogens is 246 g/mol. The van der Waals surface area contributed by atoms with Gasteiger partial charge in [-0.3, -0.25) is 9.59 Å². The van der Waals surface area contributed by atoms with E-state index in [9.17, 15) is 14.4 Å². The lowest BCUT2D eigenvalue weighted by atomic mass is 10.0. The molecule has 1 rings (SSSR count). The van der Waals surface area contributed by atoms with Crippen molar-refractivity contribution in [2.75, 3.05) is 6.54 Å². The van der Waals surface area contributed by atoms with Gasteiger partial charge in [0.25, 0.3) is 5.91 Å². The molecule has 0 aromatic rings. The molecular formula is C14H23NO4. The summed E-state index contributed by atoms with van der Waals surface area (Å²) in [4.78, 5) is 36.1. The molecule has 5 nitrogen and oxygen atoms in total. The van der Waals surface area contributed by atoms with Gasteiger partial charge in [-0.15, -0.1) is 0 Å². The molecule has 0 aromatic heterocycles. The van der Waals surface area contributed by atoms with Gasteiger partial charge in [0.15, 0.2) is 0 Å². The van der Waals surface area contributed by atoms with Crippen molar-refractivity contribution < 1.29 is 19.5 Å². The Morgan fingerprint density at radius 2 is 1.89 bits per heavy atom. The third-order valence-electron chi connectivity index (χ3n) is 3.54. The van der Waals surface area contributed by atoms with Crippen molar-refractivity contribution in [2.24, 2.45) is 0 Å². The van der Waals surface area contributed by atoms with Gasteiger partial charge in [0.2, 0.25) is 5.78 Å². The Hall–Kier alpha value is -1.39. The number of hydrogen-bond acceptors (Lipinski definition) is 3. The second-order valence-corrected chi connectivity index (χ2v) is 5.08. The molecule has 5 heteroatoms. The summed E-state index contributed by atoms with van der Waals surface area (Å²) in [7, 11) is 0. The van der Waals surface area contributed by atoms with Gasteiger partial charge in [0.1, 0.15) is 6.04 Å². The zero-order chi connectivity index (χ0) is 14.3. The SMILES string of the molecule is CCCCCCC(=O)C(=O)N1CCCC[C@H]1C(=O)O. The molecule has 0 aliphatic carbocycles. The summed E-state index contributed by atoms with van der Waals surface area (Å²) in [5, 5.41) is 9.08. The monoisotopic (exact) mass is 269 g/mol. The fourth-order valence-corrected chi connectivity index (χ4v) is 2.41. The maximum atomic E-state index is 12.0. The zero-order valence-corrected chi connectivity index (χ0v) is 11.6. The number of amides is 1. The van der Waals surface area contributed by atoms with Crippen molar-refractivity contribution in [3.8, 4) is 0 Å². The van der Waals surface area contributed by atoms with Crippen LogP contribution >= 0.6 is 0 Å². The summed E-state index contributed by atoms with van der Waals surface area (Å²) in [6.07, 6.45) is 6.05. The number of carbonyl (C=O) groups is 3. The number of likely N-dealkylation sites (tertiary alicyclic amines) is 1. The van der Waals surface area contributed by atoms with Crippen molar-refractivity contribution in [1.82, 2.24) is 4.90 Å². The van der Waals surface area contributed by atoms with E-state index in [1.54, 1.807) is 0 Å². The molecule has 0 spiro atoms. The first-order chi connectivity index (χ1) is 9.07. The Kier molecular flexibility index (Phi) is 6.53. The fourth-order valence-electron chi connectivity index (χ4n) is 2.41. The summed E-state index contributed by atoms with van der Waals surface area (Å²) in [6, 6.07) is -0.819. The molecule has 108 valence electrons. The van der Waals surface area contributed by atoms with Gasteiger partial charge in [-0.25, -0.2) is 4.79 Å². The molecule has 1 N–H and O–H groups in total. The second-order valence-electron chi connectivity index (χ2n) is 5.08. The van der Waals surface area contributed by atoms with Crippen LogP contribution in [-0.4, -0.2) is 40.3 Å². The molecule has 0 unspecified atom stereocenters. The van der Waals surface area contributed by atoms with Gasteiger partial charge in [0, 0.05) is 13.0 Å². The van der Waals surface area contributed by atoms with E-state index in [0.29, 0.717) is 19.4 Å². The molecule has 1 amide bonds. The van der Waals surface area contributed by atoms with Gasteiger partial charge in [-0.1, -0.05) is 26.2 Å². The fraction of sp³-hybridized carbons (Fsp3) is 0.786. The van der Waals surface area contributed by atoms with E-state index < -0.39 is 23.7 Å². The molecule has 0 radical (unpaired) electrons. The smallest absolute Gasteiger partial charge is 0.326 e.